The average Bonchev–Trinajstić information content (AvgIpc) is 2.06. The third-order valence-corrected chi connectivity index (χ3v) is 2.58. The Kier molecular flexibility index (Phi) is 3.39. The van der Waals surface area contributed by atoms with Crippen molar-refractivity contribution in [3.05, 3.63) is 11.9 Å². The highest BCUT2D eigenvalue weighted by Gasteiger charge is 2.35. The van der Waals surface area contributed by atoms with Crippen molar-refractivity contribution < 1.29 is 30.7 Å². The number of nitrogens with zero attached hydrogens (tertiary/aromatic N) is 1. The first-order chi connectivity index (χ1) is 7.50. The van der Waals surface area contributed by atoms with E-state index < -0.39 is 37.8 Å². The molecule has 0 aromatic carbocycles. The number of alkyl halides is 3. The van der Waals surface area contributed by atoms with E-state index in [1.165, 1.54) is 0 Å². The highest BCUT2D eigenvalue weighted by Crippen LogP contribution is 2.32. The molecule has 17 heavy (non-hydrogen) atoms. The molecule has 0 aliphatic rings. The summed E-state index contributed by atoms with van der Waals surface area (Å²) in [6, 6.07) is 0.130. The van der Waals surface area contributed by atoms with Gasteiger partial charge in [-0.3, -0.25) is 0 Å². The van der Waals surface area contributed by atoms with Gasteiger partial charge in [-0.1, -0.05) is 0 Å². The molecular weight excluding hydrogens is 292 g/mol. The van der Waals surface area contributed by atoms with Gasteiger partial charge in [-0.15, -0.1) is 13.2 Å². The molecule has 5 nitrogen and oxygen atoms in total. The highest BCUT2D eigenvalue weighted by molar-refractivity contribution is 8.13. The van der Waals surface area contributed by atoms with Crippen LogP contribution in [0.3, 0.4) is 0 Å². The number of aromatic nitrogens is 1. The summed E-state index contributed by atoms with van der Waals surface area (Å²) < 4.78 is 73.6. The van der Waals surface area contributed by atoms with Crippen molar-refractivity contribution in [3.8, 4) is 5.75 Å². The lowest BCUT2D eigenvalue weighted by Crippen LogP contribution is -2.19. The zero-order valence-electron chi connectivity index (χ0n) is 7.62. The maximum atomic E-state index is 12.8. The maximum Gasteiger partial charge on any atom is 0.573 e. The lowest BCUT2D eigenvalue weighted by molar-refractivity contribution is -0.275. The van der Waals surface area contributed by atoms with Gasteiger partial charge in [-0.25, -0.2) is 17.8 Å². The van der Waals surface area contributed by atoms with E-state index >= 15 is 0 Å². The molecule has 0 aliphatic heterocycles. The maximum absolute atomic E-state index is 12.8. The van der Waals surface area contributed by atoms with Crippen molar-refractivity contribution in [2.24, 2.45) is 0 Å². The molecule has 1 aromatic heterocycles. The predicted octanol–water partition coefficient (Wildman–Crippen LogP) is 1.63. The van der Waals surface area contributed by atoms with Crippen molar-refractivity contribution >= 4 is 25.6 Å². The van der Waals surface area contributed by atoms with Crippen LogP contribution in [0.4, 0.5) is 23.4 Å². The molecule has 0 unspecified atom stereocenters. The van der Waals surface area contributed by atoms with E-state index in [2.05, 4.69) is 9.72 Å². The first-order valence-corrected chi connectivity index (χ1v) is 5.98. The number of hydrogen-bond acceptors (Lipinski definition) is 5. The fourth-order valence-electron chi connectivity index (χ4n) is 0.841. The minimum Gasteiger partial charge on any atom is -0.403 e. The zero-order valence-corrected chi connectivity index (χ0v) is 9.20. The fourth-order valence-corrected chi connectivity index (χ4v) is 1.72. The smallest absolute Gasteiger partial charge is 0.403 e. The van der Waals surface area contributed by atoms with Crippen LogP contribution in [0.25, 0.3) is 0 Å². The van der Waals surface area contributed by atoms with Crippen LogP contribution in [-0.2, 0) is 9.05 Å². The summed E-state index contributed by atoms with van der Waals surface area (Å²) in [5.41, 5.74) is 4.90. The van der Waals surface area contributed by atoms with E-state index in [1.807, 2.05) is 0 Å². The van der Waals surface area contributed by atoms with Gasteiger partial charge in [0.2, 0.25) is 5.03 Å². The van der Waals surface area contributed by atoms with Gasteiger partial charge in [0.15, 0.2) is 17.4 Å². The van der Waals surface area contributed by atoms with Gasteiger partial charge in [-0.05, 0) is 0 Å². The molecule has 0 fully saturated rings. The predicted molar refractivity (Wildman–Crippen MR) is 48.3 cm³/mol. The van der Waals surface area contributed by atoms with Crippen molar-refractivity contribution in [3.63, 3.8) is 0 Å². The van der Waals surface area contributed by atoms with E-state index in [1.54, 1.807) is 0 Å². The number of pyridine rings is 1. The normalized spacial score (nSPS) is 12.5. The second-order valence-electron chi connectivity index (χ2n) is 2.64. The van der Waals surface area contributed by atoms with E-state index in [0.717, 1.165) is 0 Å². The van der Waals surface area contributed by atoms with Crippen LogP contribution in [0.5, 0.6) is 5.75 Å². The quantitative estimate of drug-likeness (QED) is 0.662. The highest BCUT2D eigenvalue weighted by atomic mass is 35.7. The van der Waals surface area contributed by atoms with E-state index in [0.29, 0.717) is 0 Å². The Morgan fingerprint density at radius 3 is 2.35 bits per heavy atom. The number of hydrogen-bond donors (Lipinski definition) is 1. The minimum atomic E-state index is -5.22. The number of nitrogens with two attached hydrogens (primary N) is 1. The number of anilines is 1. The molecule has 0 atom stereocenters. The summed E-state index contributed by atoms with van der Waals surface area (Å²) >= 11 is 0. The summed E-state index contributed by atoms with van der Waals surface area (Å²) in [6.45, 7) is 0. The number of ether oxygens (including phenoxy) is 1. The molecule has 1 rings (SSSR count). The molecular formula is C6H3ClF4N2O3S. The van der Waals surface area contributed by atoms with Crippen molar-refractivity contribution in [2.75, 3.05) is 5.73 Å². The van der Waals surface area contributed by atoms with Crippen LogP contribution in [0.1, 0.15) is 0 Å². The van der Waals surface area contributed by atoms with Gasteiger partial charge in [0.05, 0.1) is 0 Å². The summed E-state index contributed by atoms with van der Waals surface area (Å²) in [5, 5.41) is -1.31. The zero-order chi connectivity index (χ0) is 13.4. The van der Waals surface area contributed by atoms with Gasteiger partial charge >= 0.3 is 6.36 Å². The Morgan fingerprint density at radius 1 is 1.41 bits per heavy atom. The van der Waals surface area contributed by atoms with E-state index in [-0.39, 0.29) is 6.07 Å². The average molecular weight is 295 g/mol. The summed E-state index contributed by atoms with van der Waals surface area (Å²) in [4.78, 5) is 2.89. The minimum absolute atomic E-state index is 0.130. The van der Waals surface area contributed by atoms with Crippen LogP contribution in [-0.4, -0.2) is 19.8 Å². The SMILES string of the molecule is Nc1nc(S(=O)(=O)Cl)c(OC(F)(F)F)cc1F. The molecule has 2 N–H and O–H groups in total. The molecule has 0 amide bonds. The molecule has 11 heteroatoms. The molecule has 0 spiro atoms. The lowest BCUT2D eigenvalue weighted by atomic mass is 10.4. The van der Waals surface area contributed by atoms with Crippen molar-refractivity contribution in [1.29, 1.82) is 0 Å². The Bertz CT molecular complexity index is 545. The molecule has 0 radical (unpaired) electrons. The Balaban J connectivity index is 3.42. The standard InChI is InChI=1S/C6H3ClF4N2O3S/c7-17(14,15)5-3(16-6(9,10)11)1-2(8)4(12)13-5/h1H,(H2,12,13). The first kappa shape index (κ1) is 13.8. The molecule has 0 saturated carbocycles. The van der Waals surface area contributed by atoms with Crippen molar-refractivity contribution in [2.45, 2.75) is 11.4 Å². The summed E-state index contributed by atoms with van der Waals surface area (Å²) in [6.07, 6.45) is -5.22. The lowest BCUT2D eigenvalue weighted by Gasteiger charge is -2.11. The second kappa shape index (κ2) is 4.18. The van der Waals surface area contributed by atoms with E-state index in [9.17, 15) is 26.0 Å². The summed E-state index contributed by atoms with van der Waals surface area (Å²) in [5.74, 6) is -3.67. The first-order valence-electron chi connectivity index (χ1n) is 3.67. The van der Waals surface area contributed by atoms with Crippen LogP contribution in [0.2, 0.25) is 0 Å². The van der Waals surface area contributed by atoms with Crippen LogP contribution >= 0.6 is 10.7 Å². The molecule has 1 aromatic rings. The molecule has 0 bridgehead atoms. The third kappa shape index (κ3) is 3.60. The van der Waals surface area contributed by atoms with Crippen molar-refractivity contribution in [1.82, 2.24) is 4.98 Å². The van der Waals surface area contributed by atoms with Gasteiger partial charge in [-0.2, -0.15) is 0 Å². The van der Waals surface area contributed by atoms with Gasteiger partial charge < -0.3 is 10.5 Å². The molecule has 96 valence electrons. The number of rotatable bonds is 2. The largest absolute Gasteiger partial charge is 0.573 e. The third-order valence-electron chi connectivity index (χ3n) is 1.39. The topological polar surface area (TPSA) is 82.3 Å². The number of nitrogen functional groups attached to an aromatic ring is 1. The monoisotopic (exact) mass is 294 g/mol. The molecule has 0 saturated heterocycles. The van der Waals surface area contributed by atoms with Gasteiger partial charge in [0.25, 0.3) is 9.05 Å². The summed E-state index contributed by atoms with van der Waals surface area (Å²) in [7, 11) is 0.146. The Hall–Kier alpha value is -1.29. The molecule has 1 heterocycles. The van der Waals surface area contributed by atoms with Crippen LogP contribution < -0.4 is 10.5 Å². The number of halogens is 5. The molecule has 0 aliphatic carbocycles. The fraction of sp³-hybridized carbons (Fsp3) is 0.167. The Morgan fingerprint density at radius 2 is 1.94 bits per heavy atom. The van der Waals surface area contributed by atoms with Gasteiger partial charge in [0, 0.05) is 16.7 Å². The van der Waals surface area contributed by atoms with Gasteiger partial charge in [0.1, 0.15) is 0 Å². The van der Waals surface area contributed by atoms with E-state index in [4.69, 9.17) is 16.4 Å². The second-order valence-corrected chi connectivity index (χ2v) is 5.13. The Labute approximate surface area is 96.6 Å². The van der Waals surface area contributed by atoms with Crippen LogP contribution in [0, 0.1) is 5.82 Å². The van der Waals surface area contributed by atoms with Crippen LogP contribution in [0.15, 0.2) is 11.1 Å².